The van der Waals surface area contributed by atoms with E-state index in [0.717, 1.165) is 11.3 Å². The molecule has 0 N–H and O–H groups in total. The molecule has 3 aromatic rings. The van der Waals surface area contributed by atoms with E-state index in [9.17, 15) is 4.79 Å². The van der Waals surface area contributed by atoms with Crippen molar-refractivity contribution in [2.45, 2.75) is 32.8 Å². The van der Waals surface area contributed by atoms with E-state index in [-0.39, 0.29) is 5.89 Å². The Morgan fingerprint density at radius 2 is 1.63 bits per heavy atom. The Balaban J connectivity index is 1.68. The summed E-state index contributed by atoms with van der Waals surface area (Å²) in [7, 11) is 1.60. The number of nitrogens with zero attached hydrogens (tertiary/aromatic N) is 2. The summed E-state index contributed by atoms with van der Waals surface area (Å²) < 4.78 is 16.2. The lowest BCUT2D eigenvalue weighted by molar-refractivity contribution is 0.0280. The molecule has 1 atom stereocenters. The molecular formula is C21H22N2O4. The van der Waals surface area contributed by atoms with Crippen molar-refractivity contribution in [3.8, 4) is 17.2 Å². The maximum atomic E-state index is 12.3. The van der Waals surface area contributed by atoms with Gasteiger partial charge in [-0.25, -0.2) is 4.79 Å². The summed E-state index contributed by atoms with van der Waals surface area (Å²) in [6.45, 7) is 5.91. The zero-order valence-corrected chi connectivity index (χ0v) is 15.8. The molecule has 0 unspecified atom stereocenters. The van der Waals surface area contributed by atoms with Crippen LogP contribution in [0, 0.1) is 0 Å². The van der Waals surface area contributed by atoms with Crippen LogP contribution in [-0.4, -0.2) is 23.3 Å². The van der Waals surface area contributed by atoms with Gasteiger partial charge < -0.3 is 13.9 Å². The van der Waals surface area contributed by atoms with Gasteiger partial charge in [0.2, 0.25) is 5.89 Å². The van der Waals surface area contributed by atoms with E-state index >= 15 is 0 Å². The molecule has 3 rings (SSSR count). The van der Waals surface area contributed by atoms with Gasteiger partial charge in [-0.1, -0.05) is 26.0 Å². The van der Waals surface area contributed by atoms with Gasteiger partial charge in [0.15, 0.2) is 6.10 Å². The Morgan fingerprint density at radius 3 is 2.22 bits per heavy atom. The van der Waals surface area contributed by atoms with Gasteiger partial charge >= 0.3 is 5.97 Å². The summed E-state index contributed by atoms with van der Waals surface area (Å²) in [5, 5.41) is 8.02. The molecule has 1 heterocycles. The topological polar surface area (TPSA) is 74.5 Å². The van der Waals surface area contributed by atoms with E-state index < -0.39 is 12.1 Å². The zero-order chi connectivity index (χ0) is 19.4. The molecule has 2 aromatic carbocycles. The highest BCUT2D eigenvalue weighted by atomic mass is 16.6. The standard InChI is InChI=1S/C21H22N2O4/c1-13(2)15-5-7-17(8-6-15)21(24)26-14(3)19-22-23-20(27-19)16-9-11-18(25-4)12-10-16/h5-14H,1-4H3/t14-/m1/s1. The predicted molar refractivity (Wildman–Crippen MR) is 101 cm³/mol. The first-order chi connectivity index (χ1) is 13.0. The molecule has 140 valence electrons. The van der Waals surface area contributed by atoms with Crippen LogP contribution in [0.1, 0.15) is 54.6 Å². The number of carbonyl (C=O) groups excluding carboxylic acids is 1. The van der Waals surface area contributed by atoms with Crippen LogP contribution in [0.2, 0.25) is 0 Å². The van der Waals surface area contributed by atoms with E-state index in [1.807, 2.05) is 36.4 Å². The maximum Gasteiger partial charge on any atom is 0.338 e. The van der Waals surface area contributed by atoms with Crippen molar-refractivity contribution in [2.75, 3.05) is 7.11 Å². The third-order valence-corrected chi connectivity index (χ3v) is 4.22. The minimum absolute atomic E-state index is 0.243. The summed E-state index contributed by atoms with van der Waals surface area (Å²) in [6.07, 6.45) is -0.651. The van der Waals surface area contributed by atoms with Gasteiger partial charge in [-0.2, -0.15) is 0 Å². The largest absolute Gasteiger partial charge is 0.497 e. The van der Waals surface area contributed by atoms with Gasteiger partial charge in [0.25, 0.3) is 5.89 Å². The van der Waals surface area contributed by atoms with Gasteiger partial charge in [0.05, 0.1) is 12.7 Å². The highest BCUT2D eigenvalue weighted by molar-refractivity contribution is 5.89. The maximum absolute atomic E-state index is 12.3. The molecule has 0 bridgehead atoms. The number of benzene rings is 2. The summed E-state index contributed by atoms with van der Waals surface area (Å²) in [4.78, 5) is 12.3. The van der Waals surface area contributed by atoms with E-state index in [4.69, 9.17) is 13.9 Å². The van der Waals surface area contributed by atoms with Crippen molar-refractivity contribution < 1.29 is 18.7 Å². The number of carbonyl (C=O) groups is 1. The Kier molecular flexibility index (Phi) is 5.54. The van der Waals surface area contributed by atoms with Crippen LogP contribution >= 0.6 is 0 Å². The van der Waals surface area contributed by atoms with E-state index in [2.05, 4.69) is 24.0 Å². The monoisotopic (exact) mass is 366 g/mol. The van der Waals surface area contributed by atoms with Crippen LogP contribution in [0.25, 0.3) is 11.5 Å². The number of hydrogen-bond donors (Lipinski definition) is 0. The minimum atomic E-state index is -0.651. The Bertz CT molecular complexity index is 899. The molecule has 0 aliphatic heterocycles. The molecular weight excluding hydrogens is 344 g/mol. The van der Waals surface area contributed by atoms with Crippen LogP contribution < -0.4 is 4.74 Å². The molecule has 1 aromatic heterocycles. The fraction of sp³-hybridized carbons (Fsp3) is 0.286. The predicted octanol–water partition coefficient (Wildman–Crippen LogP) is 4.79. The third-order valence-electron chi connectivity index (χ3n) is 4.22. The average Bonchev–Trinajstić information content (AvgIpc) is 3.18. The van der Waals surface area contributed by atoms with Gasteiger partial charge in [-0.05, 0) is 54.8 Å². The highest BCUT2D eigenvalue weighted by Gasteiger charge is 2.20. The summed E-state index contributed by atoms with van der Waals surface area (Å²) in [6, 6.07) is 14.7. The number of methoxy groups -OCH3 is 1. The fourth-order valence-electron chi connectivity index (χ4n) is 2.53. The first kappa shape index (κ1) is 18.6. The van der Waals surface area contributed by atoms with Crippen LogP contribution in [0.4, 0.5) is 0 Å². The SMILES string of the molecule is COc1ccc(-c2nnc([C@@H](C)OC(=O)c3ccc(C(C)C)cc3)o2)cc1. The lowest BCUT2D eigenvalue weighted by atomic mass is 10.0. The molecule has 6 heteroatoms. The zero-order valence-electron chi connectivity index (χ0n) is 15.8. The van der Waals surface area contributed by atoms with Crippen molar-refractivity contribution >= 4 is 5.97 Å². The lowest BCUT2D eigenvalue weighted by Crippen LogP contribution is -2.09. The molecule has 0 aliphatic rings. The van der Waals surface area contributed by atoms with Gasteiger partial charge in [0.1, 0.15) is 5.75 Å². The second-order valence-electron chi connectivity index (χ2n) is 6.50. The molecule has 27 heavy (non-hydrogen) atoms. The van der Waals surface area contributed by atoms with Crippen LogP contribution in [0.15, 0.2) is 52.9 Å². The minimum Gasteiger partial charge on any atom is -0.497 e. The van der Waals surface area contributed by atoms with Gasteiger partial charge in [0, 0.05) is 5.56 Å². The normalized spacial score (nSPS) is 12.0. The molecule has 0 spiro atoms. The molecule has 0 saturated heterocycles. The van der Waals surface area contributed by atoms with Crippen LogP contribution in [-0.2, 0) is 4.74 Å². The van der Waals surface area contributed by atoms with Crippen molar-refractivity contribution in [3.05, 3.63) is 65.5 Å². The van der Waals surface area contributed by atoms with E-state index in [1.165, 1.54) is 5.56 Å². The highest BCUT2D eigenvalue weighted by Crippen LogP contribution is 2.25. The summed E-state index contributed by atoms with van der Waals surface area (Å²) >= 11 is 0. The van der Waals surface area contributed by atoms with E-state index in [0.29, 0.717) is 17.4 Å². The number of aromatic nitrogens is 2. The van der Waals surface area contributed by atoms with Crippen molar-refractivity contribution in [3.63, 3.8) is 0 Å². The molecule has 6 nitrogen and oxygen atoms in total. The first-order valence-electron chi connectivity index (χ1n) is 8.76. The fourth-order valence-corrected chi connectivity index (χ4v) is 2.53. The first-order valence-corrected chi connectivity index (χ1v) is 8.76. The van der Waals surface area contributed by atoms with E-state index in [1.54, 1.807) is 26.2 Å². The third kappa shape index (κ3) is 4.34. The molecule has 0 radical (unpaired) electrons. The van der Waals surface area contributed by atoms with Gasteiger partial charge in [-0.15, -0.1) is 10.2 Å². The Morgan fingerprint density at radius 1 is 0.963 bits per heavy atom. The van der Waals surface area contributed by atoms with Gasteiger partial charge in [-0.3, -0.25) is 0 Å². The molecule has 0 amide bonds. The summed E-state index contributed by atoms with van der Waals surface area (Å²) in [5.41, 5.74) is 2.42. The molecule has 0 saturated carbocycles. The number of rotatable bonds is 6. The van der Waals surface area contributed by atoms with Crippen molar-refractivity contribution in [2.24, 2.45) is 0 Å². The second kappa shape index (κ2) is 8.03. The van der Waals surface area contributed by atoms with Crippen molar-refractivity contribution in [1.82, 2.24) is 10.2 Å². The smallest absolute Gasteiger partial charge is 0.338 e. The lowest BCUT2D eigenvalue weighted by Gasteiger charge is -2.10. The second-order valence-corrected chi connectivity index (χ2v) is 6.50. The quantitative estimate of drug-likeness (QED) is 0.584. The molecule has 0 fully saturated rings. The number of ether oxygens (including phenoxy) is 2. The Hall–Kier alpha value is -3.15. The number of esters is 1. The summed E-state index contributed by atoms with van der Waals surface area (Å²) in [5.74, 6) is 1.32. The van der Waals surface area contributed by atoms with Crippen molar-refractivity contribution in [1.29, 1.82) is 0 Å². The average molecular weight is 366 g/mol. The van der Waals surface area contributed by atoms with Crippen LogP contribution in [0.5, 0.6) is 5.75 Å². The number of hydrogen-bond acceptors (Lipinski definition) is 6. The molecule has 0 aliphatic carbocycles. The Labute approximate surface area is 158 Å². The van der Waals surface area contributed by atoms with Crippen LogP contribution in [0.3, 0.4) is 0 Å².